The fourth-order valence-electron chi connectivity index (χ4n) is 2.55. The van der Waals surface area contributed by atoms with E-state index in [2.05, 4.69) is 24.4 Å². The maximum Gasteiger partial charge on any atom is 0.0455 e. The van der Waals surface area contributed by atoms with E-state index in [0.717, 1.165) is 22.8 Å². The summed E-state index contributed by atoms with van der Waals surface area (Å²) in [4.78, 5) is 0. The maximum absolute atomic E-state index is 6.12. The third-order valence-electron chi connectivity index (χ3n) is 4.03. The van der Waals surface area contributed by atoms with Crippen molar-refractivity contribution in [1.82, 2.24) is 0 Å². The molecule has 1 aromatic carbocycles. The van der Waals surface area contributed by atoms with Crippen LogP contribution in [0.1, 0.15) is 76.7 Å². The SMILES string of the molecule is CCCCCCCCCCCCNc1ccc(C)c(Cl)c1. The lowest BCUT2D eigenvalue weighted by molar-refractivity contribution is 0.560. The topological polar surface area (TPSA) is 12.0 Å². The molecule has 0 saturated heterocycles. The van der Waals surface area contributed by atoms with Gasteiger partial charge >= 0.3 is 0 Å². The van der Waals surface area contributed by atoms with Gasteiger partial charge in [0.25, 0.3) is 0 Å². The normalized spacial score (nSPS) is 10.8. The van der Waals surface area contributed by atoms with Crippen molar-refractivity contribution >= 4 is 17.3 Å². The van der Waals surface area contributed by atoms with Crippen molar-refractivity contribution in [2.24, 2.45) is 0 Å². The second kappa shape index (κ2) is 11.9. The van der Waals surface area contributed by atoms with E-state index in [0.29, 0.717) is 0 Å². The fraction of sp³-hybridized carbons (Fsp3) is 0.684. The Morgan fingerprint density at radius 1 is 0.857 bits per heavy atom. The summed E-state index contributed by atoms with van der Waals surface area (Å²) in [6.07, 6.45) is 13.8. The Hall–Kier alpha value is -0.690. The van der Waals surface area contributed by atoms with Gasteiger partial charge in [-0.2, -0.15) is 0 Å². The highest BCUT2D eigenvalue weighted by atomic mass is 35.5. The first kappa shape index (κ1) is 18.4. The van der Waals surface area contributed by atoms with Gasteiger partial charge in [-0.05, 0) is 31.0 Å². The van der Waals surface area contributed by atoms with E-state index in [-0.39, 0.29) is 0 Å². The Kier molecular flexibility index (Phi) is 10.4. The van der Waals surface area contributed by atoms with E-state index >= 15 is 0 Å². The first-order valence-electron chi connectivity index (χ1n) is 8.74. The largest absolute Gasteiger partial charge is 0.385 e. The van der Waals surface area contributed by atoms with Crippen LogP contribution in [0.5, 0.6) is 0 Å². The van der Waals surface area contributed by atoms with Gasteiger partial charge < -0.3 is 5.32 Å². The second-order valence-corrected chi connectivity index (χ2v) is 6.48. The molecule has 120 valence electrons. The molecule has 1 N–H and O–H groups in total. The van der Waals surface area contributed by atoms with E-state index in [9.17, 15) is 0 Å². The van der Waals surface area contributed by atoms with E-state index in [1.807, 2.05) is 13.0 Å². The van der Waals surface area contributed by atoms with Crippen LogP contribution in [-0.2, 0) is 0 Å². The number of nitrogens with one attached hydrogen (secondary N) is 1. The van der Waals surface area contributed by atoms with Crippen molar-refractivity contribution in [3.8, 4) is 0 Å². The van der Waals surface area contributed by atoms with Crippen molar-refractivity contribution in [1.29, 1.82) is 0 Å². The quantitative estimate of drug-likeness (QED) is 0.411. The Balaban J connectivity index is 1.91. The summed E-state index contributed by atoms with van der Waals surface area (Å²) < 4.78 is 0. The number of hydrogen-bond donors (Lipinski definition) is 1. The summed E-state index contributed by atoms with van der Waals surface area (Å²) in [7, 11) is 0. The van der Waals surface area contributed by atoms with Crippen LogP contribution in [0.2, 0.25) is 5.02 Å². The lowest BCUT2D eigenvalue weighted by Crippen LogP contribution is -2.01. The molecule has 2 heteroatoms. The molecule has 0 saturated carbocycles. The van der Waals surface area contributed by atoms with Gasteiger partial charge in [0, 0.05) is 17.3 Å². The van der Waals surface area contributed by atoms with Crippen molar-refractivity contribution in [3.05, 3.63) is 28.8 Å². The van der Waals surface area contributed by atoms with Gasteiger partial charge in [-0.1, -0.05) is 82.4 Å². The maximum atomic E-state index is 6.12. The monoisotopic (exact) mass is 309 g/mol. The summed E-state index contributed by atoms with van der Waals surface area (Å²) in [5.74, 6) is 0. The molecule has 0 aliphatic heterocycles. The lowest BCUT2D eigenvalue weighted by Gasteiger charge is -2.08. The standard InChI is InChI=1S/C19H32ClN/c1-3-4-5-6-7-8-9-10-11-12-15-21-18-14-13-17(2)19(20)16-18/h13-14,16,21H,3-12,15H2,1-2H3. The third kappa shape index (κ3) is 9.03. The van der Waals surface area contributed by atoms with Crippen LogP contribution < -0.4 is 5.32 Å². The zero-order valence-corrected chi connectivity index (χ0v) is 14.6. The molecule has 1 nitrogen and oxygen atoms in total. The zero-order valence-electron chi connectivity index (χ0n) is 13.9. The van der Waals surface area contributed by atoms with Gasteiger partial charge in [0.1, 0.15) is 0 Å². The van der Waals surface area contributed by atoms with Crippen LogP contribution in [0.25, 0.3) is 0 Å². The van der Waals surface area contributed by atoms with Crippen molar-refractivity contribution in [3.63, 3.8) is 0 Å². The minimum atomic E-state index is 0.850. The molecule has 21 heavy (non-hydrogen) atoms. The molecular formula is C19H32ClN. The minimum absolute atomic E-state index is 0.850. The highest BCUT2D eigenvalue weighted by molar-refractivity contribution is 6.31. The molecule has 0 atom stereocenters. The Bertz CT molecular complexity index is 376. The Morgan fingerprint density at radius 2 is 1.43 bits per heavy atom. The predicted octanol–water partition coefficient (Wildman–Crippen LogP) is 6.98. The van der Waals surface area contributed by atoms with Crippen molar-refractivity contribution in [2.45, 2.75) is 78.1 Å². The molecule has 0 aromatic heterocycles. The number of hydrogen-bond acceptors (Lipinski definition) is 1. The number of anilines is 1. The molecule has 0 heterocycles. The molecule has 0 amide bonds. The lowest BCUT2D eigenvalue weighted by atomic mass is 10.1. The predicted molar refractivity (Wildman–Crippen MR) is 96.5 cm³/mol. The first-order chi connectivity index (χ1) is 10.2. The molecule has 0 fully saturated rings. The summed E-state index contributed by atoms with van der Waals surface area (Å²) in [5, 5.41) is 4.30. The van der Waals surface area contributed by atoms with Crippen LogP contribution >= 0.6 is 11.6 Å². The molecule has 1 aromatic rings. The van der Waals surface area contributed by atoms with Gasteiger partial charge in [0.15, 0.2) is 0 Å². The molecule has 0 unspecified atom stereocenters. The molecule has 0 aliphatic carbocycles. The van der Waals surface area contributed by atoms with Crippen molar-refractivity contribution < 1.29 is 0 Å². The highest BCUT2D eigenvalue weighted by Crippen LogP contribution is 2.20. The highest BCUT2D eigenvalue weighted by Gasteiger charge is 1.97. The molecule has 0 aliphatic rings. The molecule has 0 bridgehead atoms. The van der Waals surface area contributed by atoms with Gasteiger partial charge in [-0.3, -0.25) is 0 Å². The molecular weight excluding hydrogens is 278 g/mol. The van der Waals surface area contributed by atoms with E-state index in [4.69, 9.17) is 11.6 Å². The van der Waals surface area contributed by atoms with Gasteiger partial charge in [0.05, 0.1) is 0 Å². The van der Waals surface area contributed by atoms with Crippen LogP contribution in [0.3, 0.4) is 0 Å². The van der Waals surface area contributed by atoms with E-state index in [1.165, 1.54) is 64.2 Å². The third-order valence-corrected chi connectivity index (χ3v) is 4.44. The molecule has 0 spiro atoms. The minimum Gasteiger partial charge on any atom is -0.385 e. The van der Waals surface area contributed by atoms with Crippen LogP contribution in [0.4, 0.5) is 5.69 Å². The number of unbranched alkanes of at least 4 members (excludes halogenated alkanes) is 9. The summed E-state index contributed by atoms with van der Waals surface area (Å²) in [6, 6.07) is 6.20. The van der Waals surface area contributed by atoms with Crippen LogP contribution in [0, 0.1) is 6.92 Å². The van der Waals surface area contributed by atoms with Gasteiger partial charge in [-0.25, -0.2) is 0 Å². The fourth-order valence-corrected chi connectivity index (χ4v) is 2.73. The summed E-state index contributed by atoms with van der Waals surface area (Å²) >= 11 is 6.12. The van der Waals surface area contributed by atoms with E-state index < -0.39 is 0 Å². The number of benzene rings is 1. The summed E-state index contributed by atoms with van der Waals surface area (Å²) in [6.45, 7) is 5.36. The van der Waals surface area contributed by atoms with Crippen molar-refractivity contribution in [2.75, 3.05) is 11.9 Å². The Labute approximate surface area is 136 Å². The van der Waals surface area contributed by atoms with Crippen LogP contribution in [0.15, 0.2) is 18.2 Å². The summed E-state index contributed by atoms with van der Waals surface area (Å²) in [5.41, 5.74) is 2.28. The van der Waals surface area contributed by atoms with Gasteiger partial charge in [-0.15, -0.1) is 0 Å². The Morgan fingerprint density at radius 3 is 2.00 bits per heavy atom. The van der Waals surface area contributed by atoms with E-state index in [1.54, 1.807) is 0 Å². The second-order valence-electron chi connectivity index (χ2n) is 6.07. The zero-order chi connectivity index (χ0) is 15.3. The van der Waals surface area contributed by atoms with Gasteiger partial charge in [0.2, 0.25) is 0 Å². The number of rotatable bonds is 12. The first-order valence-corrected chi connectivity index (χ1v) is 9.12. The average molecular weight is 310 g/mol. The molecule has 0 radical (unpaired) electrons. The molecule has 1 rings (SSSR count). The van der Waals surface area contributed by atoms with Crippen LogP contribution in [-0.4, -0.2) is 6.54 Å². The average Bonchev–Trinajstić information content (AvgIpc) is 2.48. The number of halogens is 1. The smallest absolute Gasteiger partial charge is 0.0455 e. The number of aryl methyl sites for hydroxylation is 1.